The third kappa shape index (κ3) is 4.12. The number of fused-ring (bicyclic) bond motifs is 1. The van der Waals surface area contributed by atoms with Crippen LogP contribution in [0.3, 0.4) is 0 Å². The van der Waals surface area contributed by atoms with E-state index in [1.165, 1.54) is 16.0 Å². The highest BCUT2D eigenvalue weighted by molar-refractivity contribution is 5.94. The number of carbonyl (C=O) groups excluding carboxylic acids is 1. The van der Waals surface area contributed by atoms with E-state index in [2.05, 4.69) is 46.8 Å². The molecule has 2 heterocycles. The van der Waals surface area contributed by atoms with Gasteiger partial charge < -0.3 is 5.11 Å². The molecule has 2 aliphatic rings. The van der Waals surface area contributed by atoms with Crippen molar-refractivity contribution >= 4 is 11.7 Å². The van der Waals surface area contributed by atoms with Crippen molar-refractivity contribution in [3.05, 3.63) is 53.6 Å². The number of rotatable bonds is 6. The minimum atomic E-state index is -1.01. The van der Waals surface area contributed by atoms with Crippen LogP contribution in [0.1, 0.15) is 54.4 Å². The number of amides is 2. The average Bonchev–Trinajstić information content (AvgIpc) is 2.95. The van der Waals surface area contributed by atoms with Gasteiger partial charge >= 0.3 is 6.03 Å². The van der Waals surface area contributed by atoms with Gasteiger partial charge in [-0.3, -0.25) is 4.90 Å². The number of benzene rings is 1. The van der Waals surface area contributed by atoms with Crippen molar-refractivity contribution in [2.75, 3.05) is 4.90 Å². The van der Waals surface area contributed by atoms with Crippen LogP contribution in [0.4, 0.5) is 10.5 Å². The summed E-state index contributed by atoms with van der Waals surface area (Å²) in [5.74, 6) is 0.756. The highest BCUT2D eigenvalue weighted by atomic mass is 16.3. The fourth-order valence-corrected chi connectivity index (χ4v) is 4.34. The largest absolute Gasteiger partial charge is 0.359 e. The van der Waals surface area contributed by atoms with Crippen molar-refractivity contribution in [3.63, 3.8) is 0 Å². The predicted molar refractivity (Wildman–Crippen MR) is 118 cm³/mol. The fraction of sp³-hybridized carbons (Fsp3) is 0.542. The lowest BCUT2D eigenvalue weighted by Crippen LogP contribution is -2.57. The summed E-state index contributed by atoms with van der Waals surface area (Å²) < 4.78 is 0. The number of carbonyl (C=O) groups is 1. The molecule has 1 saturated heterocycles. The third-order valence-electron chi connectivity index (χ3n) is 6.53. The van der Waals surface area contributed by atoms with Crippen molar-refractivity contribution < 1.29 is 9.90 Å². The summed E-state index contributed by atoms with van der Waals surface area (Å²) in [4.78, 5) is 14.8. The molecule has 1 aromatic rings. The van der Waals surface area contributed by atoms with Gasteiger partial charge in [0.05, 0.1) is 12.1 Å². The Kier molecular flexibility index (Phi) is 6.49. The van der Waals surface area contributed by atoms with Crippen molar-refractivity contribution in [1.82, 2.24) is 10.0 Å². The van der Waals surface area contributed by atoms with E-state index in [0.29, 0.717) is 17.5 Å². The molecule has 0 saturated carbocycles. The van der Waals surface area contributed by atoms with Crippen molar-refractivity contribution in [1.29, 1.82) is 0 Å². The number of anilines is 1. The molecule has 2 amide bonds. The van der Waals surface area contributed by atoms with Gasteiger partial charge in [-0.25, -0.2) is 9.80 Å². The second kappa shape index (κ2) is 8.72. The summed E-state index contributed by atoms with van der Waals surface area (Å²) in [6.07, 6.45) is 5.67. The number of allylic oxidation sites excluding steroid dienone is 2. The van der Waals surface area contributed by atoms with Crippen molar-refractivity contribution in [2.45, 2.75) is 72.8 Å². The monoisotopic (exact) mass is 397 g/mol. The number of urea groups is 1. The first-order valence-corrected chi connectivity index (χ1v) is 10.7. The Balaban J connectivity index is 1.88. The van der Waals surface area contributed by atoms with Crippen LogP contribution in [0.5, 0.6) is 0 Å². The summed E-state index contributed by atoms with van der Waals surface area (Å²) in [7, 11) is 0. The minimum Gasteiger partial charge on any atom is -0.359 e. The number of hydrazine groups is 1. The molecule has 5 unspecified atom stereocenters. The van der Waals surface area contributed by atoms with E-state index in [1.54, 1.807) is 5.01 Å². The average molecular weight is 398 g/mol. The maximum Gasteiger partial charge on any atom is 0.342 e. The molecule has 5 atom stereocenters. The number of nitrogens with zero attached hydrogens (tertiary/aromatic N) is 3. The molecule has 0 aliphatic carbocycles. The summed E-state index contributed by atoms with van der Waals surface area (Å²) in [5, 5.41) is 14.8. The van der Waals surface area contributed by atoms with Gasteiger partial charge in [-0.05, 0) is 64.5 Å². The van der Waals surface area contributed by atoms with Gasteiger partial charge in [0.2, 0.25) is 6.35 Å². The van der Waals surface area contributed by atoms with Crippen LogP contribution in [-0.4, -0.2) is 39.6 Å². The maximum atomic E-state index is 13.3. The summed E-state index contributed by atoms with van der Waals surface area (Å²) >= 11 is 0. The lowest BCUT2D eigenvalue weighted by Gasteiger charge is -2.45. The van der Waals surface area contributed by atoms with Crippen LogP contribution in [0.25, 0.3) is 0 Å². The van der Waals surface area contributed by atoms with E-state index in [4.69, 9.17) is 0 Å². The first kappa shape index (κ1) is 21.6. The Labute approximate surface area is 175 Å². The number of aliphatic hydroxyl groups is 1. The number of aliphatic hydroxyl groups excluding tert-OH is 1. The molecule has 1 N–H and O–H groups in total. The molecular weight excluding hydrogens is 362 g/mol. The van der Waals surface area contributed by atoms with E-state index >= 15 is 0 Å². The molecule has 29 heavy (non-hydrogen) atoms. The first-order valence-electron chi connectivity index (χ1n) is 10.7. The Morgan fingerprint density at radius 1 is 1.21 bits per heavy atom. The van der Waals surface area contributed by atoms with E-state index in [9.17, 15) is 9.90 Å². The lowest BCUT2D eigenvalue weighted by molar-refractivity contribution is -0.122. The summed E-state index contributed by atoms with van der Waals surface area (Å²) in [5.41, 5.74) is 3.23. The summed E-state index contributed by atoms with van der Waals surface area (Å²) in [6.45, 7) is 12.9. The Morgan fingerprint density at radius 3 is 2.48 bits per heavy atom. The van der Waals surface area contributed by atoms with Gasteiger partial charge in [0.1, 0.15) is 0 Å². The highest BCUT2D eigenvalue weighted by Crippen LogP contribution is 2.39. The van der Waals surface area contributed by atoms with Gasteiger partial charge in [-0.1, -0.05) is 55.3 Å². The second-order valence-electron chi connectivity index (χ2n) is 8.83. The van der Waals surface area contributed by atoms with E-state index in [1.807, 2.05) is 42.3 Å². The molecule has 5 heteroatoms. The van der Waals surface area contributed by atoms with E-state index in [-0.39, 0.29) is 18.1 Å². The zero-order chi connectivity index (χ0) is 21.3. The number of hydrogen-bond donors (Lipinski definition) is 1. The minimum absolute atomic E-state index is 0.0273. The SMILES string of the molecule is CC(C)=CCCC(C)C(C)C1C=C(C)C(C)N2C(=O)N(c3ccccc3)C(O)N12. The van der Waals surface area contributed by atoms with Crippen LogP contribution in [0, 0.1) is 11.8 Å². The zero-order valence-electron chi connectivity index (χ0n) is 18.5. The standard InChI is InChI=1S/C24H35N3O2/c1-16(2)11-10-12-17(3)19(5)22-15-18(4)20(6)26-23(28)25(24(29)27(22)26)21-13-8-7-9-14-21/h7-9,11,13-15,17,19-20,22,24,29H,10,12H2,1-6H3. The normalized spacial score (nSPS) is 26.8. The predicted octanol–water partition coefficient (Wildman–Crippen LogP) is 5.16. The Bertz CT molecular complexity index is 785. The van der Waals surface area contributed by atoms with Crippen molar-refractivity contribution in [2.24, 2.45) is 11.8 Å². The van der Waals surface area contributed by atoms with Crippen LogP contribution < -0.4 is 4.90 Å². The van der Waals surface area contributed by atoms with Crippen LogP contribution >= 0.6 is 0 Å². The molecule has 0 radical (unpaired) electrons. The molecule has 0 spiro atoms. The number of para-hydroxylation sites is 1. The zero-order valence-corrected chi connectivity index (χ0v) is 18.5. The molecule has 0 aromatic heterocycles. The second-order valence-corrected chi connectivity index (χ2v) is 8.83. The van der Waals surface area contributed by atoms with Crippen molar-refractivity contribution in [3.8, 4) is 0 Å². The van der Waals surface area contributed by atoms with Crippen LogP contribution in [-0.2, 0) is 0 Å². The maximum absolute atomic E-state index is 13.3. The molecule has 158 valence electrons. The smallest absolute Gasteiger partial charge is 0.342 e. The van der Waals surface area contributed by atoms with Crippen LogP contribution in [0.15, 0.2) is 53.6 Å². The fourth-order valence-electron chi connectivity index (χ4n) is 4.34. The lowest BCUT2D eigenvalue weighted by atomic mass is 9.83. The van der Waals surface area contributed by atoms with Crippen LogP contribution in [0.2, 0.25) is 0 Å². The number of hydrogen-bond acceptors (Lipinski definition) is 3. The molecule has 1 fully saturated rings. The molecule has 5 nitrogen and oxygen atoms in total. The van der Waals surface area contributed by atoms with E-state index < -0.39 is 6.35 Å². The van der Waals surface area contributed by atoms with E-state index in [0.717, 1.165) is 12.8 Å². The van der Waals surface area contributed by atoms with Gasteiger partial charge in [0.15, 0.2) is 0 Å². The Morgan fingerprint density at radius 2 is 1.86 bits per heavy atom. The molecular formula is C24H35N3O2. The Hall–Kier alpha value is -2.11. The molecule has 3 rings (SSSR count). The third-order valence-corrected chi connectivity index (χ3v) is 6.53. The quantitative estimate of drug-likeness (QED) is 0.675. The molecule has 0 bridgehead atoms. The topological polar surface area (TPSA) is 47.0 Å². The van der Waals surface area contributed by atoms with Gasteiger partial charge in [0, 0.05) is 5.69 Å². The first-order chi connectivity index (χ1) is 13.7. The molecule has 2 aliphatic heterocycles. The van der Waals surface area contributed by atoms with Gasteiger partial charge in [-0.2, -0.15) is 5.01 Å². The summed E-state index contributed by atoms with van der Waals surface area (Å²) in [6, 6.07) is 9.16. The van der Waals surface area contributed by atoms with Gasteiger partial charge in [0.25, 0.3) is 0 Å². The van der Waals surface area contributed by atoms with Gasteiger partial charge in [-0.15, -0.1) is 0 Å². The molecule has 1 aromatic carbocycles. The highest BCUT2D eigenvalue weighted by Gasteiger charge is 2.52.